The zero-order valence-corrected chi connectivity index (χ0v) is 15.2. The summed E-state index contributed by atoms with van der Waals surface area (Å²) in [5.41, 5.74) is 9.10. The summed E-state index contributed by atoms with van der Waals surface area (Å²) in [6, 6.07) is 8.55. The maximum atomic E-state index is 4.74. The lowest BCUT2D eigenvalue weighted by Gasteiger charge is -2.22. The highest BCUT2D eigenvalue weighted by molar-refractivity contribution is 5.87. The van der Waals surface area contributed by atoms with Gasteiger partial charge in [0.05, 0.1) is 11.4 Å². The van der Waals surface area contributed by atoms with E-state index in [1.54, 1.807) is 0 Å². The highest BCUT2D eigenvalue weighted by atomic mass is 15.3. The van der Waals surface area contributed by atoms with Crippen molar-refractivity contribution >= 4 is 23.0 Å². The van der Waals surface area contributed by atoms with Crippen molar-refractivity contribution in [1.82, 2.24) is 15.2 Å². The minimum absolute atomic E-state index is 0.648. The third kappa shape index (κ3) is 2.61. The van der Waals surface area contributed by atoms with Crippen LogP contribution in [0.25, 0.3) is 11.4 Å². The maximum Gasteiger partial charge on any atom is 0.196 e. The molecule has 0 saturated carbocycles. The second kappa shape index (κ2) is 5.55. The molecule has 126 valence electrons. The molecule has 0 saturated heterocycles. The summed E-state index contributed by atoms with van der Waals surface area (Å²) in [5.74, 6) is 2.01. The van der Waals surface area contributed by atoms with E-state index in [9.17, 15) is 0 Å². The zero-order chi connectivity index (χ0) is 17.7. The van der Waals surface area contributed by atoms with Gasteiger partial charge in [-0.3, -0.25) is 0 Å². The summed E-state index contributed by atoms with van der Waals surface area (Å²) in [7, 11) is 0. The maximum absolute atomic E-state index is 4.74. The molecule has 0 atom stereocenters. The van der Waals surface area contributed by atoms with E-state index >= 15 is 0 Å². The van der Waals surface area contributed by atoms with Gasteiger partial charge in [-0.1, -0.05) is 17.7 Å². The monoisotopic (exact) mass is 331 g/mol. The summed E-state index contributed by atoms with van der Waals surface area (Å²) in [4.78, 5) is 4.74. The van der Waals surface area contributed by atoms with Crippen molar-refractivity contribution in [2.24, 2.45) is 0 Å². The Bertz CT molecular complexity index is 984. The fourth-order valence-corrected chi connectivity index (χ4v) is 3.41. The zero-order valence-electron chi connectivity index (χ0n) is 15.2. The van der Waals surface area contributed by atoms with Crippen LogP contribution >= 0.6 is 0 Å². The normalized spacial score (nSPS) is 12.0. The molecule has 0 bridgehead atoms. The van der Waals surface area contributed by atoms with Crippen molar-refractivity contribution in [1.29, 1.82) is 0 Å². The van der Waals surface area contributed by atoms with Gasteiger partial charge < -0.3 is 10.6 Å². The second-order valence-electron chi connectivity index (χ2n) is 6.84. The van der Waals surface area contributed by atoms with Gasteiger partial charge in [0.1, 0.15) is 0 Å². The molecule has 25 heavy (non-hydrogen) atoms. The number of rotatable bonds is 1. The smallest absolute Gasteiger partial charge is 0.196 e. The van der Waals surface area contributed by atoms with Crippen molar-refractivity contribution in [3.8, 4) is 11.4 Å². The summed E-state index contributed by atoms with van der Waals surface area (Å²) in [6.07, 6.45) is 0. The lowest BCUT2D eigenvalue weighted by atomic mass is 9.99. The van der Waals surface area contributed by atoms with E-state index in [2.05, 4.69) is 79.7 Å². The van der Waals surface area contributed by atoms with Gasteiger partial charge in [-0.2, -0.15) is 0 Å². The minimum atomic E-state index is 0.648. The average Bonchev–Trinajstić information content (AvgIpc) is 2.53. The fourth-order valence-electron chi connectivity index (χ4n) is 3.41. The molecule has 3 aromatic rings. The first-order valence-electron chi connectivity index (χ1n) is 8.40. The van der Waals surface area contributed by atoms with E-state index in [1.165, 1.54) is 16.7 Å². The number of aromatic nitrogens is 3. The lowest BCUT2D eigenvalue weighted by Crippen LogP contribution is -2.12. The number of aryl methyl sites for hydroxylation is 5. The second-order valence-corrected chi connectivity index (χ2v) is 6.84. The number of anilines is 4. The number of nitrogens with zero attached hydrogens (tertiary/aromatic N) is 3. The Kier molecular flexibility index (Phi) is 3.46. The van der Waals surface area contributed by atoms with Crippen molar-refractivity contribution in [3.63, 3.8) is 0 Å². The van der Waals surface area contributed by atoms with E-state index in [4.69, 9.17) is 4.98 Å². The molecule has 0 aliphatic carbocycles. The van der Waals surface area contributed by atoms with Gasteiger partial charge in [0.25, 0.3) is 0 Å². The highest BCUT2D eigenvalue weighted by Crippen LogP contribution is 2.38. The molecule has 0 radical (unpaired) electrons. The van der Waals surface area contributed by atoms with Gasteiger partial charge in [-0.25, -0.2) is 4.98 Å². The molecule has 2 N–H and O–H groups in total. The van der Waals surface area contributed by atoms with E-state index < -0.39 is 0 Å². The van der Waals surface area contributed by atoms with Crippen LogP contribution in [-0.4, -0.2) is 15.2 Å². The van der Waals surface area contributed by atoms with Crippen LogP contribution in [0.1, 0.15) is 27.8 Å². The van der Waals surface area contributed by atoms with Crippen LogP contribution in [-0.2, 0) is 0 Å². The molecule has 1 aromatic heterocycles. The minimum Gasteiger partial charge on any atom is -0.335 e. The molecule has 4 rings (SSSR count). The van der Waals surface area contributed by atoms with Gasteiger partial charge in [0.2, 0.25) is 0 Å². The Balaban J connectivity index is 1.79. The molecule has 5 heteroatoms. The van der Waals surface area contributed by atoms with Gasteiger partial charge in [0, 0.05) is 5.56 Å². The van der Waals surface area contributed by atoms with Crippen molar-refractivity contribution in [2.45, 2.75) is 34.6 Å². The number of fused-ring (bicyclic) bond motifs is 2. The van der Waals surface area contributed by atoms with Crippen LogP contribution < -0.4 is 10.6 Å². The van der Waals surface area contributed by atoms with Gasteiger partial charge in [0.15, 0.2) is 17.5 Å². The number of benzene rings is 2. The largest absolute Gasteiger partial charge is 0.335 e. The van der Waals surface area contributed by atoms with Crippen molar-refractivity contribution < 1.29 is 0 Å². The summed E-state index contributed by atoms with van der Waals surface area (Å²) < 4.78 is 0. The topological polar surface area (TPSA) is 62.7 Å². The molecule has 0 unspecified atom stereocenters. The predicted octanol–water partition coefficient (Wildman–Crippen LogP) is 4.88. The first-order chi connectivity index (χ1) is 11.9. The third-order valence-corrected chi connectivity index (χ3v) is 4.73. The van der Waals surface area contributed by atoms with Crippen molar-refractivity contribution in [3.05, 3.63) is 52.1 Å². The first kappa shape index (κ1) is 15.6. The Morgan fingerprint density at radius 3 is 1.80 bits per heavy atom. The number of hydrogen-bond donors (Lipinski definition) is 2. The number of hydrogen-bond acceptors (Lipinski definition) is 5. The Labute approximate surface area is 147 Å². The molecular formula is C20H21N5. The van der Waals surface area contributed by atoms with Crippen LogP contribution in [0.4, 0.5) is 23.0 Å². The van der Waals surface area contributed by atoms with Crippen LogP contribution in [0, 0.1) is 34.6 Å². The molecule has 0 fully saturated rings. The van der Waals surface area contributed by atoms with E-state index in [0.717, 1.165) is 28.1 Å². The van der Waals surface area contributed by atoms with Crippen LogP contribution in [0.15, 0.2) is 24.3 Å². The van der Waals surface area contributed by atoms with Crippen LogP contribution in [0.3, 0.4) is 0 Å². The Morgan fingerprint density at radius 1 is 0.640 bits per heavy atom. The lowest BCUT2D eigenvalue weighted by molar-refractivity contribution is 0.980. The average molecular weight is 331 g/mol. The SMILES string of the molecule is Cc1cc(C)c(-c2nnc3c(n2)Nc2cc(C)c(C)cc2N3)c(C)c1. The molecule has 2 heterocycles. The van der Waals surface area contributed by atoms with E-state index in [-0.39, 0.29) is 0 Å². The van der Waals surface area contributed by atoms with Crippen LogP contribution in [0.2, 0.25) is 0 Å². The van der Waals surface area contributed by atoms with E-state index in [1.807, 2.05) is 0 Å². The molecule has 1 aliphatic heterocycles. The van der Waals surface area contributed by atoms with Crippen molar-refractivity contribution in [2.75, 3.05) is 10.6 Å². The van der Waals surface area contributed by atoms with E-state index in [0.29, 0.717) is 17.5 Å². The summed E-state index contributed by atoms with van der Waals surface area (Å²) >= 11 is 0. The Hall–Kier alpha value is -2.95. The van der Waals surface area contributed by atoms with Gasteiger partial charge in [-0.15, -0.1) is 10.2 Å². The first-order valence-corrected chi connectivity index (χ1v) is 8.40. The van der Waals surface area contributed by atoms with Gasteiger partial charge in [-0.05, 0) is 69.0 Å². The summed E-state index contributed by atoms with van der Waals surface area (Å²) in [6.45, 7) is 10.5. The standard InChI is InChI=1S/C20H21N5/c1-10-6-13(4)17(14(5)7-10)18-23-19-20(25-24-18)22-16-9-12(3)11(2)8-15(16)21-19/h6-9H,1-5H3,(H,22,25)(H,21,23,24). The quantitative estimate of drug-likeness (QED) is 0.520. The molecular weight excluding hydrogens is 310 g/mol. The molecule has 1 aliphatic rings. The third-order valence-electron chi connectivity index (χ3n) is 4.73. The fraction of sp³-hybridized carbons (Fsp3) is 0.250. The summed E-state index contributed by atoms with van der Waals surface area (Å²) in [5, 5.41) is 15.4. The molecule has 2 aromatic carbocycles. The molecule has 0 spiro atoms. The highest BCUT2D eigenvalue weighted by Gasteiger charge is 2.20. The van der Waals surface area contributed by atoms with Crippen LogP contribution in [0.5, 0.6) is 0 Å². The molecule has 0 amide bonds. The Morgan fingerprint density at radius 2 is 1.20 bits per heavy atom. The van der Waals surface area contributed by atoms with Gasteiger partial charge >= 0.3 is 0 Å². The number of nitrogens with one attached hydrogen (secondary N) is 2. The predicted molar refractivity (Wildman–Crippen MR) is 102 cm³/mol. The molecule has 5 nitrogen and oxygen atoms in total.